The van der Waals surface area contributed by atoms with Crippen LogP contribution in [0.4, 0.5) is 11.4 Å². The summed E-state index contributed by atoms with van der Waals surface area (Å²) in [4.78, 5) is 34.6. The highest BCUT2D eigenvalue weighted by molar-refractivity contribution is 6.32. The Balaban J connectivity index is 2.09. The van der Waals surface area contributed by atoms with Crippen molar-refractivity contribution in [2.45, 2.75) is 26.9 Å². The number of hydrogen-bond acceptors (Lipinski definition) is 5. The second kappa shape index (κ2) is 7.97. The lowest BCUT2D eigenvalue weighted by molar-refractivity contribution is -0.384. The SMILES string of the molecule is Cc1ccc(C)c(NC(=O)[C@H](C)OC(=O)c2ccc(Cl)c([N+](=O)[O-])c2)c1. The van der Waals surface area contributed by atoms with Gasteiger partial charge in [0, 0.05) is 11.8 Å². The van der Waals surface area contributed by atoms with E-state index in [4.69, 9.17) is 16.3 Å². The molecule has 0 bridgehead atoms. The van der Waals surface area contributed by atoms with Gasteiger partial charge in [-0.1, -0.05) is 23.7 Å². The van der Waals surface area contributed by atoms with Crippen LogP contribution in [0.3, 0.4) is 0 Å². The minimum atomic E-state index is -1.09. The third-order valence-electron chi connectivity index (χ3n) is 3.68. The zero-order valence-corrected chi connectivity index (χ0v) is 15.2. The van der Waals surface area contributed by atoms with Gasteiger partial charge in [0.05, 0.1) is 10.5 Å². The average Bonchev–Trinajstić information content (AvgIpc) is 2.58. The molecule has 8 heteroatoms. The summed E-state index contributed by atoms with van der Waals surface area (Å²) in [7, 11) is 0. The van der Waals surface area contributed by atoms with Gasteiger partial charge in [0.2, 0.25) is 0 Å². The topological polar surface area (TPSA) is 98.5 Å². The number of nitro groups is 1. The van der Waals surface area contributed by atoms with Crippen molar-refractivity contribution in [1.29, 1.82) is 0 Å². The molecule has 0 unspecified atom stereocenters. The second-order valence-corrected chi connectivity index (χ2v) is 6.19. The van der Waals surface area contributed by atoms with E-state index in [1.54, 1.807) is 0 Å². The average molecular weight is 377 g/mol. The molecule has 0 fully saturated rings. The van der Waals surface area contributed by atoms with Crippen LogP contribution in [0.5, 0.6) is 0 Å². The number of halogens is 1. The third-order valence-corrected chi connectivity index (χ3v) is 4.00. The van der Waals surface area contributed by atoms with Gasteiger partial charge in [-0.3, -0.25) is 14.9 Å². The maximum atomic E-state index is 12.3. The summed E-state index contributed by atoms with van der Waals surface area (Å²) in [5.74, 6) is -1.36. The normalized spacial score (nSPS) is 11.5. The molecule has 0 aliphatic rings. The number of aryl methyl sites for hydroxylation is 2. The molecule has 2 aromatic rings. The molecule has 0 aliphatic carbocycles. The number of hydrogen-bond donors (Lipinski definition) is 1. The number of amides is 1. The van der Waals surface area contributed by atoms with Crippen molar-refractivity contribution in [3.05, 3.63) is 68.2 Å². The maximum absolute atomic E-state index is 12.3. The van der Waals surface area contributed by atoms with Crippen molar-refractivity contribution < 1.29 is 19.2 Å². The van der Waals surface area contributed by atoms with Crippen LogP contribution < -0.4 is 5.32 Å². The Kier molecular flexibility index (Phi) is 5.94. The maximum Gasteiger partial charge on any atom is 0.339 e. The van der Waals surface area contributed by atoms with E-state index in [9.17, 15) is 19.7 Å². The third kappa shape index (κ3) is 4.58. The van der Waals surface area contributed by atoms with E-state index in [-0.39, 0.29) is 10.6 Å². The van der Waals surface area contributed by atoms with Gasteiger partial charge in [0.15, 0.2) is 6.10 Å². The van der Waals surface area contributed by atoms with Crippen molar-refractivity contribution >= 4 is 34.9 Å². The quantitative estimate of drug-likeness (QED) is 0.482. The second-order valence-electron chi connectivity index (χ2n) is 5.78. The first-order chi connectivity index (χ1) is 12.2. The molecule has 0 aromatic heterocycles. The monoisotopic (exact) mass is 376 g/mol. The summed E-state index contributed by atoms with van der Waals surface area (Å²) in [5.41, 5.74) is 2.00. The van der Waals surface area contributed by atoms with Gasteiger partial charge in [-0.25, -0.2) is 4.79 Å². The highest BCUT2D eigenvalue weighted by Crippen LogP contribution is 2.25. The smallest absolute Gasteiger partial charge is 0.339 e. The van der Waals surface area contributed by atoms with Crippen LogP contribution in [0.1, 0.15) is 28.4 Å². The molecule has 1 amide bonds. The number of carbonyl (C=O) groups excluding carboxylic acids is 2. The number of ether oxygens (including phenoxy) is 1. The first-order valence-corrected chi connectivity index (χ1v) is 8.10. The van der Waals surface area contributed by atoms with Crippen LogP contribution >= 0.6 is 11.6 Å². The summed E-state index contributed by atoms with van der Waals surface area (Å²) in [6.45, 7) is 5.16. The van der Waals surface area contributed by atoms with Crippen LogP contribution in [-0.2, 0) is 9.53 Å². The Labute approximate surface area is 155 Å². The molecule has 1 atom stereocenters. The van der Waals surface area contributed by atoms with Crippen LogP contribution in [0.25, 0.3) is 0 Å². The van der Waals surface area contributed by atoms with Crippen molar-refractivity contribution in [3.8, 4) is 0 Å². The van der Waals surface area contributed by atoms with E-state index < -0.39 is 28.6 Å². The highest BCUT2D eigenvalue weighted by Gasteiger charge is 2.22. The Morgan fingerprint density at radius 2 is 1.88 bits per heavy atom. The Bertz CT molecular complexity index is 882. The van der Waals surface area contributed by atoms with E-state index in [0.29, 0.717) is 5.69 Å². The minimum Gasteiger partial charge on any atom is -0.449 e. The molecule has 7 nitrogen and oxygen atoms in total. The Hall–Kier alpha value is -2.93. The lowest BCUT2D eigenvalue weighted by atomic mass is 10.1. The molecule has 0 saturated heterocycles. The highest BCUT2D eigenvalue weighted by atomic mass is 35.5. The van der Waals surface area contributed by atoms with Crippen molar-refractivity contribution in [2.75, 3.05) is 5.32 Å². The van der Waals surface area contributed by atoms with Crippen molar-refractivity contribution in [3.63, 3.8) is 0 Å². The fourth-order valence-corrected chi connectivity index (χ4v) is 2.35. The number of nitrogens with zero attached hydrogens (tertiary/aromatic N) is 1. The van der Waals surface area contributed by atoms with Crippen LogP contribution in [0.2, 0.25) is 5.02 Å². The number of esters is 1. The minimum absolute atomic E-state index is 0.0625. The van der Waals surface area contributed by atoms with Gasteiger partial charge in [0.25, 0.3) is 11.6 Å². The van der Waals surface area contributed by atoms with Crippen LogP contribution in [0.15, 0.2) is 36.4 Å². The van der Waals surface area contributed by atoms with Gasteiger partial charge in [0.1, 0.15) is 5.02 Å². The van der Waals surface area contributed by atoms with Gasteiger partial charge in [-0.05, 0) is 50.1 Å². The number of benzene rings is 2. The number of nitro benzene ring substituents is 1. The molecule has 0 saturated carbocycles. The Morgan fingerprint density at radius 1 is 1.19 bits per heavy atom. The fraction of sp³-hybridized carbons (Fsp3) is 0.222. The standard InChI is InChI=1S/C18H17ClN2O5/c1-10-4-5-11(2)15(8-10)20-17(22)12(3)26-18(23)13-6-7-14(19)16(9-13)21(24)25/h4-9,12H,1-3H3,(H,20,22)/t12-/m0/s1. The summed E-state index contributed by atoms with van der Waals surface area (Å²) in [6.07, 6.45) is -1.09. The van der Waals surface area contributed by atoms with Crippen molar-refractivity contribution in [1.82, 2.24) is 0 Å². The molecular formula is C18H17ClN2O5. The fourth-order valence-electron chi connectivity index (χ4n) is 2.17. The van der Waals surface area contributed by atoms with Crippen LogP contribution in [0, 0.1) is 24.0 Å². The number of carbonyl (C=O) groups is 2. The van der Waals surface area contributed by atoms with Gasteiger partial charge < -0.3 is 10.1 Å². The predicted molar refractivity (Wildman–Crippen MR) is 97.5 cm³/mol. The van der Waals surface area contributed by atoms with Gasteiger partial charge in [-0.2, -0.15) is 0 Å². The molecule has 136 valence electrons. The van der Waals surface area contributed by atoms with E-state index in [1.807, 2.05) is 32.0 Å². The molecule has 0 radical (unpaired) electrons. The van der Waals surface area contributed by atoms with Gasteiger partial charge >= 0.3 is 5.97 Å². The van der Waals surface area contributed by atoms with Crippen LogP contribution in [-0.4, -0.2) is 22.9 Å². The first-order valence-electron chi connectivity index (χ1n) is 7.72. The number of anilines is 1. The molecule has 0 heterocycles. The molecule has 2 aromatic carbocycles. The summed E-state index contributed by atoms with van der Waals surface area (Å²) in [5, 5.41) is 13.5. The summed E-state index contributed by atoms with van der Waals surface area (Å²) in [6, 6.07) is 9.14. The molecule has 0 spiro atoms. The lowest BCUT2D eigenvalue weighted by Gasteiger charge is -2.15. The van der Waals surface area contributed by atoms with E-state index in [1.165, 1.54) is 19.1 Å². The molecule has 2 rings (SSSR count). The zero-order chi connectivity index (χ0) is 19.4. The van der Waals surface area contributed by atoms with Gasteiger partial charge in [-0.15, -0.1) is 0 Å². The predicted octanol–water partition coefficient (Wildman–Crippen LogP) is 4.05. The van der Waals surface area contributed by atoms with Crippen molar-refractivity contribution in [2.24, 2.45) is 0 Å². The summed E-state index contributed by atoms with van der Waals surface area (Å²) < 4.78 is 5.10. The molecule has 26 heavy (non-hydrogen) atoms. The largest absolute Gasteiger partial charge is 0.449 e. The van der Waals surface area contributed by atoms with E-state index in [0.717, 1.165) is 17.2 Å². The first kappa shape index (κ1) is 19.4. The number of nitrogens with one attached hydrogen (secondary N) is 1. The molecule has 1 N–H and O–H groups in total. The van der Waals surface area contributed by atoms with E-state index >= 15 is 0 Å². The summed E-state index contributed by atoms with van der Waals surface area (Å²) >= 11 is 5.71. The number of rotatable bonds is 5. The Morgan fingerprint density at radius 3 is 2.54 bits per heavy atom. The lowest BCUT2D eigenvalue weighted by Crippen LogP contribution is -2.30. The molecule has 0 aliphatic heterocycles. The zero-order valence-electron chi connectivity index (χ0n) is 14.4. The van der Waals surface area contributed by atoms with E-state index in [2.05, 4.69) is 5.32 Å². The molecular weight excluding hydrogens is 360 g/mol.